The summed E-state index contributed by atoms with van der Waals surface area (Å²) in [7, 11) is 0. The van der Waals surface area contributed by atoms with Crippen LogP contribution in [0.3, 0.4) is 0 Å². The lowest BCUT2D eigenvalue weighted by molar-refractivity contribution is -0.145. The summed E-state index contributed by atoms with van der Waals surface area (Å²) >= 11 is 0. The number of carbonyl (C=O) groups excluding carboxylic acids is 3. The van der Waals surface area contributed by atoms with Gasteiger partial charge in [0.25, 0.3) is 0 Å². The topological polar surface area (TPSA) is 191 Å². The zero-order valence-electron chi connectivity index (χ0n) is 19.0. The quantitative estimate of drug-likeness (QED) is 0.183. The summed E-state index contributed by atoms with van der Waals surface area (Å²) in [6, 6.07) is 3.75. The minimum atomic E-state index is -1.57. The molecule has 11 heteroatoms. The van der Waals surface area contributed by atoms with Gasteiger partial charge in [0.05, 0.1) is 12.7 Å². The summed E-state index contributed by atoms with van der Waals surface area (Å²) < 4.78 is 0. The van der Waals surface area contributed by atoms with E-state index in [1.807, 2.05) is 6.92 Å². The number of carboxylic acids is 1. The first-order valence-corrected chi connectivity index (χ1v) is 10.7. The predicted molar refractivity (Wildman–Crippen MR) is 120 cm³/mol. The fraction of sp³-hybridized carbons (Fsp3) is 0.545. The number of carbonyl (C=O) groups is 4. The van der Waals surface area contributed by atoms with Crippen LogP contribution in [0.25, 0.3) is 0 Å². The van der Waals surface area contributed by atoms with Crippen LogP contribution in [0.4, 0.5) is 0 Å². The van der Waals surface area contributed by atoms with Crippen molar-refractivity contribution in [2.75, 3.05) is 6.61 Å². The Morgan fingerprint density at radius 3 is 2.00 bits per heavy atom. The van der Waals surface area contributed by atoms with Gasteiger partial charge in [0, 0.05) is 6.42 Å². The molecule has 0 bridgehead atoms. The first-order chi connectivity index (χ1) is 15.5. The van der Waals surface area contributed by atoms with Gasteiger partial charge < -0.3 is 37.0 Å². The van der Waals surface area contributed by atoms with E-state index in [0.717, 1.165) is 0 Å². The number of rotatable bonds is 13. The van der Waals surface area contributed by atoms with Crippen molar-refractivity contribution >= 4 is 23.7 Å². The SMILES string of the molecule is CCC(C)C(NC(=O)C(N)CO)C(=O)NC(Cc1ccccc1)C(=O)NC(C(=O)O)C(C)O. The van der Waals surface area contributed by atoms with Gasteiger partial charge in [-0.1, -0.05) is 50.6 Å². The third-order valence-corrected chi connectivity index (χ3v) is 5.29. The molecule has 3 amide bonds. The second-order valence-corrected chi connectivity index (χ2v) is 7.98. The van der Waals surface area contributed by atoms with Crippen molar-refractivity contribution in [2.45, 2.75) is 63.9 Å². The molecule has 0 aliphatic heterocycles. The highest BCUT2D eigenvalue weighted by Crippen LogP contribution is 2.11. The Labute approximate surface area is 192 Å². The number of nitrogens with one attached hydrogen (secondary N) is 3. The van der Waals surface area contributed by atoms with Crippen LogP contribution in [0.1, 0.15) is 32.8 Å². The first-order valence-electron chi connectivity index (χ1n) is 10.7. The molecular weight excluding hydrogens is 432 g/mol. The highest BCUT2D eigenvalue weighted by molar-refractivity contribution is 5.94. The molecule has 0 aliphatic rings. The Morgan fingerprint density at radius 1 is 0.939 bits per heavy atom. The predicted octanol–water partition coefficient (Wildman–Crippen LogP) is -1.49. The number of carboxylic acid groups (broad SMARTS) is 1. The van der Waals surface area contributed by atoms with E-state index in [9.17, 15) is 29.4 Å². The number of aliphatic carboxylic acids is 1. The number of hydrogen-bond acceptors (Lipinski definition) is 7. The Kier molecular flexibility index (Phi) is 11.5. The van der Waals surface area contributed by atoms with Gasteiger partial charge in [0.15, 0.2) is 6.04 Å². The minimum absolute atomic E-state index is 0.0435. The van der Waals surface area contributed by atoms with Crippen LogP contribution in [-0.2, 0) is 25.6 Å². The molecule has 11 nitrogen and oxygen atoms in total. The van der Waals surface area contributed by atoms with Gasteiger partial charge in [-0.3, -0.25) is 14.4 Å². The third-order valence-electron chi connectivity index (χ3n) is 5.29. The van der Waals surface area contributed by atoms with Crippen molar-refractivity contribution in [3.05, 3.63) is 35.9 Å². The highest BCUT2D eigenvalue weighted by Gasteiger charge is 2.33. The molecule has 6 unspecified atom stereocenters. The van der Waals surface area contributed by atoms with Gasteiger partial charge in [-0.05, 0) is 18.4 Å². The van der Waals surface area contributed by atoms with Crippen molar-refractivity contribution in [3.8, 4) is 0 Å². The molecule has 0 saturated heterocycles. The molecule has 0 fully saturated rings. The van der Waals surface area contributed by atoms with E-state index in [4.69, 9.17) is 10.8 Å². The van der Waals surface area contributed by atoms with E-state index in [1.165, 1.54) is 6.92 Å². The maximum atomic E-state index is 13.1. The highest BCUT2D eigenvalue weighted by atomic mass is 16.4. The van der Waals surface area contributed by atoms with E-state index in [0.29, 0.717) is 12.0 Å². The number of amides is 3. The molecule has 1 rings (SSSR count). The number of benzene rings is 1. The van der Waals surface area contributed by atoms with Gasteiger partial charge in [-0.15, -0.1) is 0 Å². The van der Waals surface area contributed by atoms with Crippen LogP contribution in [0.2, 0.25) is 0 Å². The molecule has 33 heavy (non-hydrogen) atoms. The number of nitrogens with two attached hydrogens (primary N) is 1. The summed E-state index contributed by atoms with van der Waals surface area (Å²) in [5.74, 6) is -3.94. The molecular formula is C22H34N4O7. The lowest BCUT2D eigenvalue weighted by Gasteiger charge is -2.28. The van der Waals surface area contributed by atoms with Gasteiger partial charge in [-0.25, -0.2) is 4.79 Å². The molecule has 0 saturated carbocycles. The van der Waals surface area contributed by atoms with Crippen LogP contribution in [0, 0.1) is 5.92 Å². The summed E-state index contributed by atoms with van der Waals surface area (Å²) in [5, 5.41) is 35.4. The average Bonchev–Trinajstić information content (AvgIpc) is 2.79. The van der Waals surface area contributed by atoms with Crippen LogP contribution in [0.15, 0.2) is 30.3 Å². The maximum absolute atomic E-state index is 13.1. The molecule has 1 aromatic rings. The van der Waals surface area contributed by atoms with Crippen LogP contribution < -0.4 is 21.7 Å². The summed E-state index contributed by atoms with van der Waals surface area (Å²) in [5.41, 5.74) is 6.23. The van der Waals surface area contributed by atoms with Crippen LogP contribution in [0.5, 0.6) is 0 Å². The summed E-state index contributed by atoms with van der Waals surface area (Å²) in [6.07, 6.45) is -0.806. The molecule has 0 heterocycles. The Morgan fingerprint density at radius 2 is 1.52 bits per heavy atom. The lowest BCUT2D eigenvalue weighted by atomic mass is 9.96. The monoisotopic (exact) mass is 466 g/mol. The number of aliphatic hydroxyl groups excluding tert-OH is 2. The summed E-state index contributed by atoms with van der Waals surface area (Å²) in [4.78, 5) is 49.5. The second-order valence-electron chi connectivity index (χ2n) is 7.98. The van der Waals surface area contributed by atoms with Crippen molar-refractivity contribution in [1.29, 1.82) is 0 Å². The largest absolute Gasteiger partial charge is 0.480 e. The van der Waals surface area contributed by atoms with E-state index >= 15 is 0 Å². The van der Waals surface area contributed by atoms with E-state index in [1.54, 1.807) is 37.3 Å². The molecule has 8 N–H and O–H groups in total. The van der Waals surface area contributed by atoms with Crippen LogP contribution in [-0.4, -0.2) is 75.9 Å². The van der Waals surface area contributed by atoms with Crippen molar-refractivity contribution in [1.82, 2.24) is 16.0 Å². The van der Waals surface area contributed by atoms with E-state index < -0.39 is 60.6 Å². The van der Waals surface area contributed by atoms with Crippen molar-refractivity contribution < 1.29 is 34.5 Å². The maximum Gasteiger partial charge on any atom is 0.328 e. The number of aliphatic hydroxyl groups is 2. The standard InChI is InChI=1S/C22H34N4O7/c1-4-12(2)17(25-19(29)15(23)11-27)21(31)24-16(10-14-8-6-5-7-9-14)20(30)26-18(13(3)28)22(32)33/h5-9,12-13,15-18,27-28H,4,10-11,23H2,1-3H3,(H,24,31)(H,25,29)(H,26,30)(H,32,33). The van der Waals surface area contributed by atoms with Crippen molar-refractivity contribution in [2.24, 2.45) is 11.7 Å². The third kappa shape index (κ3) is 8.79. The summed E-state index contributed by atoms with van der Waals surface area (Å²) in [6.45, 7) is 4.17. The minimum Gasteiger partial charge on any atom is -0.480 e. The molecule has 0 spiro atoms. The van der Waals surface area contributed by atoms with Gasteiger partial charge in [0.1, 0.15) is 18.1 Å². The zero-order valence-corrected chi connectivity index (χ0v) is 19.0. The zero-order chi connectivity index (χ0) is 25.1. The van der Waals surface area contributed by atoms with Gasteiger partial charge >= 0.3 is 5.97 Å². The smallest absolute Gasteiger partial charge is 0.328 e. The Bertz CT molecular complexity index is 803. The number of hydrogen-bond donors (Lipinski definition) is 7. The normalized spacial score (nSPS) is 16.4. The van der Waals surface area contributed by atoms with Gasteiger partial charge in [-0.2, -0.15) is 0 Å². The first kappa shape index (κ1) is 28.0. The lowest BCUT2D eigenvalue weighted by Crippen LogP contribution is -2.60. The molecule has 6 atom stereocenters. The molecule has 0 aliphatic carbocycles. The van der Waals surface area contributed by atoms with E-state index in [-0.39, 0.29) is 12.3 Å². The Hall–Kier alpha value is -3.02. The average molecular weight is 467 g/mol. The fourth-order valence-electron chi connectivity index (χ4n) is 3.01. The second kappa shape index (κ2) is 13.5. The van der Waals surface area contributed by atoms with E-state index in [2.05, 4.69) is 16.0 Å². The van der Waals surface area contributed by atoms with Crippen molar-refractivity contribution in [3.63, 3.8) is 0 Å². The molecule has 1 aromatic carbocycles. The molecule has 184 valence electrons. The molecule has 0 aromatic heterocycles. The Balaban J connectivity index is 3.14. The fourth-order valence-corrected chi connectivity index (χ4v) is 3.01. The van der Waals surface area contributed by atoms with Crippen LogP contribution >= 0.6 is 0 Å². The molecule has 0 radical (unpaired) electrons. The van der Waals surface area contributed by atoms with Gasteiger partial charge in [0.2, 0.25) is 17.7 Å².